The van der Waals surface area contributed by atoms with Gasteiger partial charge in [-0.1, -0.05) is 6.07 Å². The molecule has 0 saturated carbocycles. The molecule has 0 radical (unpaired) electrons. The molecule has 8 heteroatoms. The zero-order valence-corrected chi connectivity index (χ0v) is 14.7. The van der Waals surface area contributed by atoms with Gasteiger partial charge in [0.2, 0.25) is 5.91 Å². The van der Waals surface area contributed by atoms with Crippen LogP contribution in [0.1, 0.15) is 26.6 Å². The topological polar surface area (TPSA) is 78.5 Å². The van der Waals surface area contributed by atoms with Crippen molar-refractivity contribution in [3.05, 3.63) is 39.3 Å². The molecule has 132 valence electrons. The molecular formula is C17H20N4O3S. The molecule has 0 spiro atoms. The molecule has 4 heterocycles. The number of aromatic amines is 1. The van der Waals surface area contributed by atoms with Crippen molar-refractivity contribution in [3.8, 4) is 0 Å². The molecule has 2 aromatic heterocycles. The van der Waals surface area contributed by atoms with Gasteiger partial charge in [-0.3, -0.25) is 14.7 Å². The van der Waals surface area contributed by atoms with Gasteiger partial charge in [-0.15, -0.1) is 11.3 Å². The van der Waals surface area contributed by atoms with Gasteiger partial charge in [0.05, 0.1) is 19.6 Å². The number of ether oxygens (including phenoxy) is 1. The normalized spacial score (nSPS) is 17.4. The molecule has 25 heavy (non-hydrogen) atoms. The maximum Gasteiger partial charge on any atom is 0.274 e. The fourth-order valence-corrected chi connectivity index (χ4v) is 3.97. The Balaban J connectivity index is 1.49. The third-order valence-corrected chi connectivity index (χ3v) is 5.57. The van der Waals surface area contributed by atoms with Crippen molar-refractivity contribution in [3.63, 3.8) is 0 Å². The van der Waals surface area contributed by atoms with E-state index in [9.17, 15) is 9.59 Å². The predicted molar refractivity (Wildman–Crippen MR) is 92.5 cm³/mol. The lowest BCUT2D eigenvalue weighted by Gasteiger charge is -2.29. The minimum atomic E-state index is -0.0756. The standard InChI is InChI=1S/C17H20N4O3S/c22-15(10-12-2-1-9-25-12)21-4-3-14-13(11-21)16(19-18-14)17(23)20-5-7-24-8-6-20/h1-2,9H,3-8,10-11H2,(H,18,19). The Bertz CT molecular complexity index is 765. The first kappa shape index (κ1) is 16.3. The molecule has 0 atom stereocenters. The molecular weight excluding hydrogens is 340 g/mol. The summed E-state index contributed by atoms with van der Waals surface area (Å²) in [7, 11) is 0. The molecule has 2 aromatic rings. The Morgan fingerprint density at radius 2 is 2.08 bits per heavy atom. The second-order valence-electron chi connectivity index (χ2n) is 6.26. The van der Waals surface area contributed by atoms with Gasteiger partial charge in [0.25, 0.3) is 5.91 Å². The van der Waals surface area contributed by atoms with Crippen molar-refractivity contribution in [2.24, 2.45) is 0 Å². The van der Waals surface area contributed by atoms with Crippen molar-refractivity contribution in [1.82, 2.24) is 20.0 Å². The minimum Gasteiger partial charge on any atom is -0.378 e. The van der Waals surface area contributed by atoms with Crippen LogP contribution in [0.15, 0.2) is 17.5 Å². The van der Waals surface area contributed by atoms with Gasteiger partial charge >= 0.3 is 0 Å². The van der Waals surface area contributed by atoms with Crippen LogP contribution in [0.2, 0.25) is 0 Å². The highest BCUT2D eigenvalue weighted by Gasteiger charge is 2.30. The van der Waals surface area contributed by atoms with Gasteiger partial charge in [-0.2, -0.15) is 5.10 Å². The Kier molecular flexibility index (Phi) is 4.54. The summed E-state index contributed by atoms with van der Waals surface area (Å²) in [6.07, 6.45) is 1.12. The number of rotatable bonds is 3. The molecule has 1 saturated heterocycles. The van der Waals surface area contributed by atoms with E-state index in [2.05, 4.69) is 10.2 Å². The van der Waals surface area contributed by atoms with Crippen LogP contribution < -0.4 is 0 Å². The predicted octanol–water partition coefficient (Wildman–Crippen LogP) is 1.07. The lowest BCUT2D eigenvalue weighted by Crippen LogP contribution is -2.42. The molecule has 4 rings (SSSR count). The summed E-state index contributed by atoms with van der Waals surface area (Å²) in [5.74, 6) is 0.0208. The molecule has 0 aliphatic carbocycles. The second-order valence-corrected chi connectivity index (χ2v) is 7.29. The first-order valence-electron chi connectivity index (χ1n) is 8.45. The third-order valence-electron chi connectivity index (χ3n) is 4.69. The van der Waals surface area contributed by atoms with E-state index >= 15 is 0 Å². The van der Waals surface area contributed by atoms with Gasteiger partial charge in [-0.25, -0.2) is 0 Å². The first-order valence-corrected chi connectivity index (χ1v) is 9.33. The number of carbonyl (C=O) groups excluding carboxylic acids is 2. The SMILES string of the molecule is O=C(Cc1cccs1)N1CCc2[nH]nc(C(=O)N3CCOCC3)c2C1. The molecule has 1 fully saturated rings. The highest BCUT2D eigenvalue weighted by atomic mass is 32.1. The number of thiophene rings is 1. The fourth-order valence-electron chi connectivity index (χ4n) is 3.28. The highest BCUT2D eigenvalue weighted by Crippen LogP contribution is 2.23. The fraction of sp³-hybridized carbons (Fsp3) is 0.471. The Hall–Kier alpha value is -2.19. The zero-order valence-electron chi connectivity index (χ0n) is 13.9. The van der Waals surface area contributed by atoms with Crippen LogP contribution in [0.3, 0.4) is 0 Å². The molecule has 0 unspecified atom stereocenters. The molecule has 2 aliphatic heterocycles. The van der Waals surface area contributed by atoms with Gasteiger partial charge in [0.15, 0.2) is 5.69 Å². The van der Waals surface area contributed by atoms with E-state index in [0.717, 1.165) is 16.1 Å². The molecule has 2 amide bonds. The summed E-state index contributed by atoms with van der Waals surface area (Å²) in [5.41, 5.74) is 2.28. The van der Waals surface area contributed by atoms with E-state index in [0.29, 0.717) is 57.9 Å². The Labute approximate surface area is 149 Å². The number of hydrogen-bond acceptors (Lipinski definition) is 5. The van der Waals surface area contributed by atoms with Crippen molar-refractivity contribution in [2.45, 2.75) is 19.4 Å². The number of hydrogen-bond donors (Lipinski definition) is 1. The van der Waals surface area contributed by atoms with Gasteiger partial charge in [0.1, 0.15) is 0 Å². The third kappa shape index (κ3) is 3.32. The first-order chi connectivity index (χ1) is 12.2. The molecule has 1 N–H and O–H groups in total. The number of aromatic nitrogens is 2. The average Bonchev–Trinajstić information content (AvgIpc) is 3.30. The average molecular weight is 360 g/mol. The monoisotopic (exact) mass is 360 g/mol. The van der Waals surface area contributed by atoms with Crippen molar-refractivity contribution < 1.29 is 14.3 Å². The summed E-state index contributed by atoms with van der Waals surface area (Å²) in [5, 5.41) is 9.21. The molecule has 0 aromatic carbocycles. The maximum absolute atomic E-state index is 12.8. The minimum absolute atomic E-state index is 0.0756. The number of morpholine rings is 1. The van der Waals surface area contributed by atoms with E-state index in [1.54, 1.807) is 16.2 Å². The molecule has 7 nitrogen and oxygen atoms in total. The lowest BCUT2D eigenvalue weighted by molar-refractivity contribution is -0.131. The van der Waals surface area contributed by atoms with Gasteiger partial charge < -0.3 is 14.5 Å². The van der Waals surface area contributed by atoms with Crippen molar-refractivity contribution in [2.75, 3.05) is 32.8 Å². The summed E-state index contributed by atoms with van der Waals surface area (Å²) < 4.78 is 5.30. The van der Waals surface area contributed by atoms with E-state index in [1.165, 1.54) is 0 Å². The zero-order chi connectivity index (χ0) is 17.2. The summed E-state index contributed by atoms with van der Waals surface area (Å²) >= 11 is 1.59. The molecule has 2 aliphatic rings. The van der Waals surface area contributed by atoms with Crippen LogP contribution in [0.25, 0.3) is 0 Å². The van der Waals surface area contributed by atoms with E-state index < -0.39 is 0 Å². The van der Waals surface area contributed by atoms with Crippen molar-refractivity contribution in [1.29, 1.82) is 0 Å². The molecule has 0 bridgehead atoms. The number of nitrogens with zero attached hydrogens (tertiary/aromatic N) is 3. The van der Waals surface area contributed by atoms with E-state index in [4.69, 9.17) is 4.74 Å². The number of carbonyl (C=O) groups is 2. The van der Waals surface area contributed by atoms with E-state index in [-0.39, 0.29) is 11.8 Å². The number of amides is 2. The van der Waals surface area contributed by atoms with Crippen LogP contribution >= 0.6 is 11.3 Å². The van der Waals surface area contributed by atoms with E-state index in [1.807, 2.05) is 22.4 Å². The lowest BCUT2D eigenvalue weighted by atomic mass is 10.0. The second kappa shape index (κ2) is 6.97. The van der Waals surface area contributed by atoms with Crippen LogP contribution in [-0.4, -0.2) is 64.7 Å². The van der Waals surface area contributed by atoms with Crippen LogP contribution in [0.4, 0.5) is 0 Å². The number of H-pyrrole nitrogens is 1. The summed E-state index contributed by atoms with van der Waals surface area (Å²) in [4.78, 5) is 30.0. The number of fused-ring (bicyclic) bond motifs is 1. The van der Waals surface area contributed by atoms with Crippen LogP contribution in [0.5, 0.6) is 0 Å². The maximum atomic E-state index is 12.8. The van der Waals surface area contributed by atoms with Gasteiger partial charge in [-0.05, 0) is 11.4 Å². The Morgan fingerprint density at radius 3 is 2.84 bits per heavy atom. The largest absolute Gasteiger partial charge is 0.378 e. The number of nitrogens with one attached hydrogen (secondary N) is 1. The smallest absolute Gasteiger partial charge is 0.274 e. The van der Waals surface area contributed by atoms with Crippen LogP contribution in [0, 0.1) is 0 Å². The summed E-state index contributed by atoms with van der Waals surface area (Å²) in [6, 6.07) is 3.93. The Morgan fingerprint density at radius 1 is 1.24 bits per heavy atom. The quantitative estimate of drug-likeness (QED) is 0.888. The van der Waals surface area contributed by atoms with Crippen molar-refractivity contribution >= 4 is 23.2 Å². The highest BCUT2D eigenvalue weighted by molar-refractivity contribution is 7.10. The van der Waals surface area contributed by atoms with Crippen LogP contribution in [-0.2, 0) is 28.9 Å². The summed E-state index contributed by atoms with van der Waals surface area (Å²) in [6.45, 7) is 3.39. The van der Waals surface area contributed by atoms with Gasteiger partial charge in [0, 0.05) is 48.7 Å².